The van der Waals surface area contributed by atoms with E-state index in [-0.39, 0.29) is 18.0 Å². The maximum atomic E-state index is 14.9. The van der Waals surface area contributed by atoms with Gasteiger partial charge in [0.1, 0.15) is 17.4 Å². The van der Waals surface area contributed by atoms with Crippen LogP contribution in [0.15, 0.2) is 71.6 Å². The number of para-hydroxylation sites is 1. The molecule has 0 spiro atoms. The summed E-state index contributed by atoms with van der Waals surface area (Å²) in [5, 5.41) is 0.316. The monoisotopic (exact) mass is 572 g/mol. The highest BCUT2D eigenvalue weighted by molar-refractivity contribution is 7.92. The third kappa shape index (κ3) is 6.98. The Labute approximate surface area is 221 Å². The average molecular weight is 573 g/mol. The van der Waals surface area contributed by atoms with Crippen LogP contribution in [0.5, 0.6) is 5.75 Å². The van der Waals surface area contributed by atoms with Gasteiger partial charge in [0.2, 0.25) is 10.0 Å². The zero-order valence-electron chi connectivity index (χ0n) is 20.4. The van der Waals surface area contributed by atoms with Gasteiger partial charge >= 0.3 is 0 Å². The third-order valence-corrected chi connectivity index (χ3v) is 9.14. The predicted octanol–water partition coefficient (Wildman–Crippen LogP) is 5.24. The molecule has 200 valence electrons. The number of hydrogen-bond donors (Lipinski definition) is 0. The number of halogens is 3. The van der Waals surface area contributed by atoms with Crippen molar-refractivity contribution >= 4 is 37.3 Å². The van der Waals surface area contributed by atoms with E-state index >= 15 is 0 Å². The van der Waals surface area contributed by atoms with Crippen molar-refractivity contribution in [2.75, 3.05) is 30.8 Å². The van der Waals surface area contributed by atoms with Crippen LogP contribution in [0, 0.1) is 11.6 Å². The molecule has 0 fully saturated rings. The van der Waals surface area contributed by atoms with Gasteiger partial charge in [-0.25, -0.2) is 29.9 Å². The number of nitrogens with zero attached hydrogens (tertiary/aromatic N) is 2. The molecule has 3 aromatic carbocycles. The lowest BCUT2D eigenvalue weighted by Gasteiger charge is -2.32. The molecule has 0 aromatic heterocycles. The Morgan fingerprint density at radius 1 is 0.973 bits per heavy atom. The second kappa shape index (κ2) is 11.8. The highest BCUT2D eigenvalue weighted by Crippen LogP contribution is 2.38. The normalized spacial score (nSPS) is 12.9. The third-order valence-electron chi connectivity index (χ3n) is 5.68. The Morgan fingerprint density at radius 2 is 1.62 bits per heavy atom. The molecule has 0 heterocycles. The minimum atomic E-state index is -4.39. The van der Waals surface area contributed by atoms with E-state index in [1.54, 1.807) is 24.3 Å². The van der Waals surface area contributed by atoms with E-state index in [2.05, 4.69) is 0 Å². The van der Waals surface area contributed by atoms with Crippen molar-refractivity contribution in [3.05, 3.63) is 89.0 Å². The molecule has 0 aliphatic heterocycles. The topological polar surface area (TPSA) is 84.0 Å². The molecular weight excluding hydrogens is 546 g/mol. The van der Waals surface area contributed by atoms with Gasteiger partial charge in [-0.15, -0.1) is 0 Å². The maximum absolute atomic E-state index is 14.9. The average Bonchev–Trinajstić information content (AvgIpc) is 2.83. The quantitative estimate of drug-likeness (QED) is 0.294. The van der Waals surface area contributed by atoms with Gasteiger partial charge < -0.3 is 4.74 Å². The Morgan fingerprint density at radius 3 is 2.27 bits per heavy atom. The van der Waals surface area contributed by atoms with Gasteiger partial charge in [-0.3, -0.25) is 4.31 Å². The van der Waals surface area contributed by atoms with Crippen LogP contribution in [0.25, 0.3) is 0 Å². The summed E-state index contributed by atoms with van der Waals surface area (Å²) in [7, 11) is -6.27. The van der Waals surface area contributed by atoms with Crippen molar-refractivity contribution in [3.63, 3.8) is 0 Å². The highest BCUT2D eigenvalue weighted by atomic mass is 35.5. The van der Waals surface area contributed by atoms with E-state index in [4.69, 9.17) is 16.3 Å². The minimum absolute atomic E-state index is 0.141. The van der Waals surface area contributed by atoms with Crippen molar-refractivity contribution in [2.24, 2.45) is 0 Å². The summed E-state index contributed by atoms with van der Waals surface area (Å²) in [6.45, 7) is 1.90. The van der Waals surface area contributed by atoms with Gasteiger partial charge in [-0.05, 0) is 55.8 Å². The number of benzene rings is 3. The Balaban J connectivity index is 2.00. The van der Waals surface area contributed by atoms with Crippen LogP contribution in [-0.4, -0.2) is 47.6 Å². The van der Waals surface area contributed by atoms with Crippen LogP contribution in [-0.2, 0) is 20.0 Å². The van der Waals surface area contributed by atoms with Gasteiger partial charge in [0.05, 0.1) is 29.5 Å². The number of hydrogen-bond acceptors (Lipinski definition) is 5. The van der Waals surface area contributed by atoms with Gasteiger partial charge in [0, 0.05) is 30.2 Å². The van der Waals surface area contributed by atoms with Crippen LogP contribution in [0.2, 0.25) is 5.02 Å². The molecule has 0 bridgehead atoms. The first-order chi connectivity index (χ1) is 17.3. The smallest absolute Gasteiger partial charge is 0.264 e. The van der Waals surface area contributed by atoms with Gasteiger partial charge in [-0.2, -0.15) is 0 Å². The molecule has 3 rings (SSSR count). The molecule has 3 aromatic rings. The molecule has 0 saturated heterocycles. The zero-order valence-corrected chi connectivity index (χ0v) is 22.8. The number of rotatable bonds is 11. The summed E-state index contributed by atoms with van der Waals surface area (Å²) in [4.78, 5) is -0.158. The standard InChI is InChI=1S/C25H27ClF2N2O5S2/c1-18(22-7-4-5-8-25(22)35-16-6-15-29(2)36(3,31)32)30(24-17-20(27)11-14-23(24)28)37(33,34)21-12-9-19(26)10-13-21/h4-5,7-14,17-18H,6,15-16H2,1-3H3/t18-/m1/s1. The van der Waals surface area contributed by atoms with E-state index < -0.39 is 43.4 Å². The van der Waals surface area contributed by atoms with E-state index in [9.17, 15) is 25.6 Å². The lowest BCUT2D eigenvalue weighted by molar-refractivity contribution is 0.293. The van der Waals surface area contributed by atoms with Gasteiger partial charge in [-0.1, -0.05) is 29.8 Å². The molecule has 0 amide bonds. The molecule has 0 aliphatic carbocycles. The first kappa shape index (κ1) is 28.8. The molecule has 1 atom stereocenters. The van der Waals surface area contributed by atoms with Crippen LogP contribution in [0.4, 0.5) is 14.5 Å². The maximum Gasteiger partial charge on any atom is 0.264 e. The molecule has 0 saturated carbocycles. The molecule has 0 N–H and O–H groups in total. The number of sulfonamides is 2. The molecule has 0 unspecified atom stereocenters. The number of anilines is 1. The first-order valence-electron chi connectivity index (χ1n) is 11.2. The predicted molar refractivity (Wildman–Crippen MR) is 140 cm³/mol. The molecule has 7 nitrogen and oxygen atoms in total. The highest BCUT2D eigenvalue weighted by Gasteiger charge is 2.34. The summed E-state index contributed by atoms with van der Waals surface area (Å²) in [5.74, 6) is -1.41. The van der Waals surface area contributed by atoms with Gasteiger partial charge in [0.15, 0.2) is 0 Å². The Hall–Kier alpha value is -2.73. The number of ether oxygens (including phenoxy) is 1. The van der Waals surface area contributed by atoms with Crippen molar-refractivity contribution in [2.45, 2.75) is 24.3 Å². The fourth-order valence-electron chi connectivity index (χ4n) is 3.64. The first-order valence-corrected chi connectivity index (χ1v) is 14.9. The summed E-state index contributed by atoms with van der Waals surface area (Å²) < 4.78 is 87.7. The van der Waals surface area contributed by atoms with Crippen LogP contribution < -0.4 is 9.04 Å². The minimum Gasteiger partial charge on any atom is -0.493 e. The molecule has 0 aliphatic rings. The summed E-state index contributed by atoms with van der Waals surface area (Å²) in [6.07, 6.45) is 1.48. The lowest BCUT2D eigenvalue weighted by atomic mass is 10.1. The molecule has 12 heteroatoms. The van der Waals surface area contributed by atoms with E-state index in [0.717, 1.165) is 28.8 Å². The van der Waals surface area contributed by atoms with Crippen LogP contribution in [0.1, 0.15) is 24.9 Å². The molecular formula is C25H27ClF2N2O5S2. The van der Waals surface area contributed by atoms with Gasteiger partial charge in [0.25, 0.3) is 10.0 Å². The van der Waals surface area contributed by atoms with E-state index in [1.807, 2.05) is 0 Å². The van der Waals surface area contributed by atoms with Crippen molar-refractivity contribution < 1.29 is 30.4 Å². The Bertz CT molecular complexity index is 1450. The van der Waals surface area contributed by atoms with E-state index in [1.165, 1.54) is 42.5 Å². The van der Waals surface area contributed by atoms with Crippen molar-refractivity contribution in [1.29, 1.82) is 0 Å². The zero-order chi connectivity index (χ0) is 27.4. The second-order valence-electron chi connectivity index (χ2n) is 8.35. The molecule has 37 heavy (non-hydrogen) atoms. The van der Waals surface area contributed by atoms with E-state index in [0.29, 0.717) is 22.8 Å². The SMILES string of the molecule is C[C@H](c1ccccc1OCCCN(C)S(C)(=O)=O)N(c1cc(F)ccc1F)S(=O)(=O)c1ccc(Cl)cc1. The fraction of sp³-hybridized carbons (Fsp3) is 0.280. The molecule has 0 radical (unpaired) electrons. The summed E-state index contributed by atoms with van der Waals surface area (Å²) in [6, 6.07) is 13.5. The Kier molecular flexibility index (Phi) is 9.17. The second-order valence-corrected chi connectivity index (χ2v) is 12.7. The van der Waals surface area contributed by atoms with Crippen LogP contribution >= 0.6 is 11.6 Å². The summed E-state index contributed by atoms with van der Waals surface area (Å²) >= 11 is 5.92. The van der Waals surface area contributed by atoms with Crippen molar-refractivity contribution in [1.82, 2.24) is 4.31 Å². The van der Waals surface area contributed by atoms with Crippen molar-refractivity contribution in [3.8, 4) is 5.75 Å². The van der Waals surface area contributed by atoms with Crippen LogP contribution in [0.3, 0.4) is 0 Å². The largest absolute Gasteiger partial charge is 0.493 e. The lowest BCUT2D eigenvalue weighted by Crippen LogP contribution is -2.34. The fourth-order valence-corrected chi connectivity index (χ4v) is 5.86. The summed E-state index contributed by atoms with van der Waals surface area (Å²) in [5.41, 5.74) is -0.0628.